The zero-order valence-corrected chi connectivity index (χ0v) is 15.9. The Morgan fingerprint density at radius 3 is 2.48 bits per heavy atom. The predicted octanol–water partition coefficient (Wildman–Crippen LogP) is 4.43. The summed E-state index contributed by atoms with van der Waals surface area (Å²) in [6, 6.07) is 14.4. The van der Waals surface area contributed by atoms with Crippen molar-refractivity contribution in [3.8, 4) is 0 Å². The minimum absolute atomic E-state index is 0.0256. The van der Waals surface area contributed by atoms with Crippen LogP contribution >= 0.6 is 22.9 Å². The van der Waals surface area contributed by atoms with Crippen LogP contribution in [-0.4, -0.2) is 41.9 Å². The number of hydrogen-bond acceptors (Lipinski definition) is 5. The van der Waals surface area contributed by atoms with Gasteiger partial charge in [0, 0.05) is 43.0 Å². The fourth-order valence-electron chi connectivity index (χ4n) is 3.26. The Hall–Kier alpha value is -2.64. The summed E-state index contributed by atoms with van der Waals surface area (Å²) in [5.41, 5.74) is 0.735. The summed E-state index contributed by atoms with van der Waals surface area (Å²) in [5.74, 6) is 0.0469. The highest BCUT2D eigenvalue weighted by Crippen LogP contribution is 2.31. The van der Waals surface area contributed by atoms with Gasteiger partial charge in [0.25, 0.3) is 11.6 Å². The molecule has 0 bridgehead atoms. The molecule has 0 N–H and O–H groups in total. The number of fused-ring (bicyclic) bond motifs is 1. The second-order valence-corrected chi connectivity index (χ2v) is 7.81. The monoisotopic (exact) mass is 401 g/mol. The normalized spacial score (nSPS) is 14.6. The van der Waals surface area contributed by atoms with E-state index in [-0.39, 0.29) is 11.6 Å². The van der Waals surface area contributed by atoms with Crippen LogP contribution in [-0.2, 0) is 0 Å². The number of thiophene rings is 1. The standard InChI is InChI=1S/C19H16ClN3O3S/c20-15-12-14(23(25)26)5-6-16(15)21-7-9-22(10-8-21)19(24)18-11-13-3-1-2-4-17(13)27-18/h1-6,11-12H,7-10H2. The van der Waals surface area contributed by atoms with Crippen molar-refractivity contribution in [1.82, 2.24) is 4.90 Å². The highest BCUT2D eigenvalue weighted by atomic mass is 35.5. The predicted molar refractivity (Wildman–Crippen MR) is 108 cm³/mol. The number of amides is 1. The molecule has 1 aliphatic rings. The highest BCUT2D eigenvalue weighted by Gasteiger charge is 2.25. The minimum atomic E-state index is -0.461. The average Bonchev–Trinajstić information content (AvgIpc) is 3.11. The van der Waals surface area contributed by atoms with E-state index in [4.69, 9.17) is 11.6 Å². The molecule has 0 radical (unpaired) electrons. The van der Waals surface area contributed by atoms with Crippen LogP contribution in [0.25, 0.3) is 10.1 Å². The minimum Gasteiger partial charge on any atom is -0.367 e. The van der Waals surface area contributed by atoms with Crippen molar-refractivity contribution in [2.75, 3.05) is 31.1 Å². The number of piperazine rings is 1. The summed E-state index contributed by atoms with van der Waals surface area (Å²) in [6.45, 7) is 2.43. The summed E-state index contributed by atoms with van der Waals surface area (Å²) in [7, 11) is 0. The molecule has 1 saturated heterocycles. The summed E-state index contributed by atoms with van der Waals surface area (Å²) in [4.78, 5) is 27.9. The Kier molecular flexibility index (Phi) is 4.72. The highest BCUT2D eigenvalue weighted by molar-refractivity contribution is 7.20. The number of nitrogens with zero attached hydrogens (tertiary/aromatic N) is 3. The number of non-ortho nitro benzene ring substituents is 1. The molecule has 1 fully saturated rings. The third kappa shape index (κ3) is 3.48. The van der Waals surface area contributed by atoms with Crippen molar-refractivity contribution >= 4 is 50.3 Å². The first-order valence-corrected chi connectivity index (χ1v) is 9.69. The molecule has 0 unspecified atom stereocenters. The van der Waals surface area contributed by atoms with Gasteiger partial charge in [-0.1, -0.05) is 29.8 Å². The van der Waals surface area contributed by atoms with Crippen LogP contribution in [0, 0.1) is 10.1 Å². The van der Waals surface area contributed by atoms with Crippen LogP contribution in [0.15, 0.2) is 48.5 Å². The maximum Gasteiger partial charge on any atom is 0.271 e. The molecule has 2 aromatic carbocycles. The zero-order chi connectivity index (χ0) is 19.0. The van der Waals surface area contributed by atoms with Crippen LogP contribution in [0.4, 0.5) is 11.4 Å². The molecular formula is C19H16ClN3O3S. The van der Waals surface area contributed by atoms with Crippen molar-refractivity contribution in [1.29, 1.82) is 0 Å². The average molecular weight is 402 g/mol. The SMILES string of the molecule is O=C(c1cc2ccccc2s1)N1CCN(c2ccc([N+](=O)[O-])cc2Cl)CC1. The van der Waals surface area contributed by atoms with E-state index in [1.54, 1.807) is 6.07 Å². The largest absolute Gasteiger partial charge is 0.367 e. The zero-order valence-electron chi connectivity index (χ0n) is 14.3. The molecule has 3 aromatic rings. The molecule has 4 rings (SSSR count). The van der Waals surface area contributed by atoms with Crippen LogP contribution in [0.1, 0.15) is 9.67 Å². The molecule has 1 aromatic heterocycles. The van der Waals surface area contributed by atoms with Gasteiger partial charge in [-0.25, -0.2) is 0 Å². The lowest BCUT2D eigenvalue weighted by Crippen LogP contribution is -2.48. The number of nitro benzene ring substituents is 1. The third-order valence-electron chi connectivity index (χ3n) is 4.69. The summed E-state index contributed by atoms with van der Waals surface area (Å²) in [5, 5.41) is 12.3. The Morgan fingerprint density at radius 1 is 1.07 bits per heavy atom. The van der Waals surface area contributed by atoms with Crippen LogP contribution in [0.3, 0.4) is 0 Å². The molecule has 0 spiro atoms. The summed E-state index contributed by atoms with van der Waals surface area (Å²) < 4.78 is 1.11. The summed E-state index contributed by atoms with van der Waals surface area (Å²) in [6.07, 6.45) is 0. The lowest BCUT2D eigenvalue weighted by Gasteiger charge is -2.36. The molecular weight excluding hydrogens is 386 g/mol. The van der Waals surface area contributed by atoms with E-state index in [0.717, 1.165) is 20.7 Å². The molecule has 0 atom stereocenters. The topological polar surface area (TPSA) is 66.7 Å². The van der Waals surface area contributed by atoms with E-state index in [1.807, 2.05) is 35.2 Å². The first-order valence-electron chi connectivity index (χ1n) is 8.49. The molecule has 27 heavy (non-hydrogen) atoms. The van der Waals surface area contributed by atoms with E-state index in [0.29, 0.717) is 31.2 Å². The maximum atomic E-state index is 12.8. The van der Waals surface area contributed by atoms with Gasteiger partial charge in [-0.15, -0.1) is 11.3 Å². The molecule has 2 heterocycles. The van der Waals surface area contributed by atoms with Gasteiger partial charge in [0.2, 0.25) is 0 Å². The van der Waals surface area contributed by atoms with Gasteiger partial charge in [0.05, 0.1) is 20.5 Å². The van der Waals surface area contributed by atoms with Gasteiger partial charge in [-0.05, 0) is 23.6 Å². The van der Waals surface area contributed by atoms with Crippen LogP contribution in [0.2, 0.25) is 5.02 Å². The Morgan fingerprint density at radius 2 is 1.81 bits per heavy atom. The number of rotatable bonds is 3. The lowest BCUT2D eigenvalue weighted by molar-refractivity contribution is -0.384. The Bertz CT molecular complexity index is 995. The van der Waals surface area contributed by atoms with E-state index >= 15 is 0 Å². The van der Waals surface area contributed by atoms with Crippen molar-refractivity contribution in [2.45, 2.75) is 0 Å². The Labute approximate surface area is 164 Å². The number of benzene rings is 2. The fourth-order valence-corrected chi connectivity index (χ4v) is 4.58. The van der Waals surface area contributed by atoms with Crippen molar-refractivity contribution in [3.63, 3.8) is 0 Å². The van der Waals surface area contributed by atoms with E-state index in [1.165, 1.54) is 23.5 Å². The number of anilines is 1. The molecule has 1 aliphatic heterocycles. The number of hydrogen-bond donors (Lipinski definition) is 0. The second-order valence-electron chi connectivity index (χ2n) is 6.32. The molecule has 6 nitrogen and oxygen atoms in total. The summed E-state index contributed by atoms with van der Waals surface area (Å²) >= 11 is 7.73. The number of halogens is 1. The van der Waals surface area contributed by atoms with E-state index < -0.39 is 4.92 Å². The van der Waals surface area contributed by atoms with Crippen molar-refractivity contribution < 1.29 is 9.72 Å². The quantitative estimate of drug-likeness (QED) is 0.481. The van der Waals surface area contributed by atoms with Gasteiger partial charge in [0.1, 0.15) is 0 Å². The number of nitro groups is 1. The first kappa shape index (κ1) is 17.8. The smallest absolute Gasteiger partial charge is 0.271 e. The maximum absolute atomic E-state index is 12.8. The molecule has 0 aliphatic carbocycles. The van der Waals surface area contributed by atoms with E-state index in [2.05, 4.69) is 4.90 Å². The van der Waals surface area contributed by atoms with Gasteiger partial charge in [-0.3, -0.25) is 14.9 Å². The van der Waals surface area contributed by atoms with Crippen LogP contribution < -0.4 is 4.90 Å². The lowest BCUT2D eigenvalue weighted by atomic mass is 10.2. The van der Waals surface area contributed by atoms with Crippen molar-refractivity contribution in [2.24, 2.45) is 0 Å². The number of carbonyl (C=O) groups excluding carboxylic acids is 1. The second kappa shape index (κ2) is 7.17. The van der Waals surface area contributed by atoms with Gasteiger partial charge in [-0.2, -0.15) is 0 Å². The van der Waals surface area contributed by atoms with Gasteiger partial charge in [0.15, 0.2) is 0 Å². The first-order chi connectivity index (χ1) is 13.0. The van der Waals surface area contributed by atoms with Gasteiger partial charge >= 0.3 is 0 Å². The molecule has 1 amide bonds. The van der Waals surface area contributed by atoms with Gasteiger partial charge < -0.3 is 9.80 Å². The third-order valence-corrected chi connectivity index (χ3v) is 6.09. The fraction of sp³-hybridized carbons (Fsp3) is 0.211. The van der Waals surface area contributed by atoms with E-state index in [9.17, 15) is 14.9 Å². The Balaban J connectivity index is 1.45. The molecule has 138 valence electrons. The number of carbonyl (C=O) groups is 1. The molecule has 0 saturated carbocycles. The van der Waals surface area contributed by atoms with Crippen LogP contribution in [0.5, 0.6) is 0 Å². The van der Waals surface area contributed by atoms with Crippen molar-refractivity contribution in [3.05, 3.63) is 68.5 Å². The molecule has 8 heteroatoms.